The van der Waals surface area contributed by atoms with Crippen LogP contribution in [0.1, 0.15) is 10.6 Å². The first kappa shape index (κ1) is 9.92. The molecule has 0 aliphatic rings. The molecule has 0 saturated carbocycles. The molecule has 2 aromatic rings. The predicted molar refractivity (Wildman–Crippen MR) is 58.6 cm³/mol. The van der Waals surface area contributed by atoms with Gasteiger partial charge >= 0.3 is 0 Å². The van der Waals surface area contributed by atoms with Crippen LogP contribution in [0.5, 0.6) is 0 Å². The molecule has 2 rings (SSSR count). The van der Waals surface area contributed by atoms with Crippen molar-refractivity contribution in [3.63, 3.8) is 0 Å². The summed E-state index contributed by atoms with van der Waals surface area (Å²) in [5.74, 6) is 0.424. The molecule has 0 aliphatic heterocycles. The molecule has 0 atom stereocenters. The molecule has 1 N–H and O–H groups in total. The van der Waals surface area contributed by atoms with Gasteiger partial charge in [-0.15, -0.1) is 0 Å². The number of pyridine rings is 1. The number of carbonyl (C=O) groups is 1. The van der Waals surface area contributed by atoms with Crippen LogP contribution in [0.15, 0.2) is 45.6 Å². The molecule has 4 nitrogen and oxygen atoms in total. The first-order valence-corrected chi connectivity index (χ1v) is 5.02. The third kappa shape index (κ3) is 2.44. The number of anilines is 1. The van der Waals surface area contributed by atoms with E-state index in [1.165, 1.54) is 6.26 Å². The number of furan rings is 1. The average molecular weight is 267 g/mol. The minimum Gasteiger partial charge on any atom is -0.459 e. The van der Waals surface area contributed by atoms with E-state index in [2.05, 4.69) is 26.2 Å². The van der Waals surface area contributed by atoms with Gasteiger partial charge in [0.25, 0.3) is 5.91 Å². The molecule has 2 aromatic heterocycles. The Kier molecular flexibility index (Phi) is 2.82. The molecular formula is C10H7BrN2O2. The van der Waals surface area contributed by atoms with E-state index < -0.39 is 0 Å². The lowest BCUT2D eigenvalue weighted by Crippen LogP contribution is -2.11. The third-order valence-corrected chi connectivity index (χ3v) is 2.14. The lowest BCUT2D eigenvalue weighted by atomic mass is 10.4. The van der Waals surface area contributed by atoms with Crippen LogP contribution in [0.25, 0.3) is 0 Å². The summed E-state index contributed by atoms with van der Waals surface area (Å²) in [6.07, 6.45) is 1.45. The second kappa shape index (κ2) is 4.27. The molecule has 0 spiro atoms. The van der Waals surface area contributed by atoms with Gasteiger partial charge in [-0.25, -0.2) is 4.98 Å². The van der Waals surface area contributed by atoms with Gasteiger partial charge in [-0.05, 0) is 40.2 Å². The molecular weight excluding hydrogens is 260 g/mol. The lowest BCUT2D eigenvalue weighted by Gasteiger charge is -2.01. The summed E-state index contributed by atoms with van der Waals surface area (Å²) in [6.45, 7) is 0. The molecule has 0 radical (unpaired) electrons. The maximum absolute atomic E-state index is 11.5. The summed E-state index contributed by atoms with van der Waals surface area (Å²) in [4.78, 5) is 15.6. The van der Waals surface area contributed by atoms with E-state index in [0.29, 0.717) is 10.4 Å². The van der Waals surface area contributed by atoms with Crippen LogP contribution in [0.3, 0.4) is 0 Å². The Bertz CT molecular complexity index is 468. The van der Waals surface area contributed by atoms with E-state index in [4.69, 9.17) is 4.42 Å². The highest BCUT2D eigenvalue weighted by Crippen LogP contribution is 2.11. The fourth-order valence-corrected chi connectivity index (χ4v) is 1.41. The topological polar surface area (TPSA) is 55.1 Å². The Hall–Kier alpha value is -1.62. The molecule has 0 unspecified atom stereocenters. The van der Waals surface area contributed by atoms with Crippen LogP contribution in [0.2, 0.25) is 0 Å². The molecule has 0 bridgehead atoms. The largest absolute Gasteiger partial charge is 0.459 e. The van der Waals surface area contributed by atoms with Gasteiger partial charge in [0, 0.05) is 0 Å². The quantitative estimate of drug-likeness (QED) is 0.851. The van der Waals surface area contributed by atoms with Gasteiger partial charge in [0.05, 0.1) is 6.26 Å². The van der Waals surface area contributed by atoms with Crippen LogP contribution >= 0.6 is 15.9 Å². The van der Waals surface area contributed by atoms with Crippen molar-refractivity contribution < 1.29 is 9.21 Å². The van der Waals surface area contributed by atoms with Crippen molar-refractivity contribution in [2.45, 2.75) is 0 Å². The van der Waals surface area contributed by atoms with E-state index >= 15 is 0 Å². The highest BCUT2D eigenvalue weighted by molar-refractivity contribution is 9.10. The SMILES string of the molecule is O=C(Nc1cccc(Br)n1)c1ccco1. The molecule has 0 saturated heterocycles. The van der Waals surface area contributed by atoms with Crippen molar-refractivity contribution in [3.8, 4) is 0 Å². The zero-order valence-electron chi connectivity index (χ0n) is 7.61. The normalized spacial score (nSPS) is 9.93. The number of hydrogen-bond donors (Lipinski definition) is 1. The maximum atomic E-state index is 11.5. The summed E-state index contributed by atoms with van der Waals surface area (Å²) in [5.41, 5.74) is 0. The smallest absolute Gasteiger partial charge is 0.292 e. The van der Waals surface area contributed by atoms with Gasteiger partial charge in [0.2, 0.25) is 0 Å². The highest BCUT2D eigenvalue weighted by Gasteiger charge is 2.08. The molecule has 15 heavy (non-hydrogen) atoms. The van der Waals surface area contributed by atoms with Gasteiger partial charge in [-0.2, -0.15) is 0 Å². The molecule has 2 heterocycles. The third-order valence-electron chi connectivity index (χ3n) is 1.70. The zero-order chi connectivity index (χ0) is 10.7. The van der Waals surface area contributed by atoms with E-state index in [-0.39, 0.29) is 11.7 Å². The standard InChI is InChI=1S/C10H7BrN2O2/c11-8-4-1-5-9(12-8)13-10(14)7-3-2-6-15-7/h1-6H,(H,12,13,14). The van der Waals surface area contributed by atoms with Crippen molar-refractivity contribution >= 4 is 27.7 Å². The fourth-order valence-electron chi connectivity index (χ4n) is 1.06. The highest BCUT2D eigenvalue weighted by atomic mass is 79.9. The van der Waals surface area contributed by atoms with Gasteiger partial charge in [-0.3, -0.25) is 4.79 Å². The van der Waals surface area contributed by atoms with Crippen molar-refractivity contribution in [1.29, 1.82) is 0 Å². The summed E-state index contributed by atoms with van der Waals surface area (Å²) in [5, 5.41) is 2.61. The number of amides is 1. The lowest BCUT2D eigenvalue weighted by molar-refractivity contribution is 0.0996. The molecule has 0 fully saturated rings. The molecule has 76 valence electrons. The van der Waals surface area contributed by atoms with Gasteiger partial charge in [0.15, 0.2) is 5.76 Å². The molecule has 0 aliphatic carbocycles. The molecule has 0 aromatic carbocycles. The van der Waals surface area contributed by atoms with Gasteiger partial charge < -0.3 is 9.73 Å². The monoisotopic (exact) mass is 266 g/mol. The van der Waals surface area contributed by atoms with Gasteiger partial charge in [-0.1, -0.05) is 6.07 Å². The Balaban J connectivity index is 2.13. The van der Waals surface area contributed by atoms with Gasteiger partial charge in [0.1, 0.15) is 10.4 Å². The molecule has 5 heteroatoms. The van der Waals surface area contributed by atoms with E-state index in [1.807, 2.05) is 0 Å². The Labute approximate surface area is 94.4 Å². The maximum Gasteiger partial charge on any atom is 0.292 e. The number of nitrogens with one attached hydrogen (secondary N) is 1. The van der Waals surface area contributed by atoms with Crippen molar-refractivity contribution in [2.24, 2.45) is 0 Å². The summed E-state index contributed by atoms with van der Waals surface area (Å²) in [6, 6.07) is 8.51. The van der Waals surface area contributed by atoms with Crippen LogP contribution in [0, 0.1) is 0 Å². The summed E-state index contributed by atoms with van der Waals surface area (Å²) >= 11 is 3.21. The Morgan fingerprint density at radius 1 is 1.33 bits per heavy atom. The minimum atomic E-state index is -0.314. The number of hydrogen-bond acceptors (Lipinski definition) is 3. The van der Waals surface area contributed by atoms with E-state index in [9.17, 15) is 4.79 Å². The minimum absolute atomic E-state index is 0.261. The van der Waals surface area contributed by atoms with Crippen molar-refractivity contribution in [1.82, 2.24) is 4.98 Å². The van der Waals surface area contributed by atoms with Crippen LogP contribution in [0.4, 0.5) is 5.82 Å². The number of carbonyl (C=O) groups excluding carboxylic acids is 1. The Morgan fingerprint density at radius 2 is 2.20 bits per heavy atom. The van der Waals surface area contributed by atoms with Crippen LogP contribution < -0.4 is 5.32 Å². The second-order valence-electron chi connectivity index (χ2n) is 2.78. The number of halogens is 1. The molecule has 1 amide bonds. The summed E-state index contributed by atoms with van der Waals surface area (Å²) in [7, 11) is 0. The second-order valence-corrected chi connectivity index (χ2v) is 3.59. The van der Waals surface area contributed by atoms with Crippen LogP contribution in [-0.2, 0) is 0 Å². The predicted octanol–water partition coefficient (Wildman–Crippen LogP) is 2.69. The van der Waals surface area contributed by atoms with Crippen LogP contribution in [-0.4, -0.2) is 10.9 Å². The van der Waals surface area contributed by atoms with Crippen molar-refractivity contribution in [3.05, 3.63) is 47.0 Å². The van der Waals surface area contributed by atoms with Crippen molar-refractivity contribution in [2.75, 3.05) is 5.32 Å². The number of nitrogens with zero attached hydrogens (tertiary/aromatic N) is 1. The Morgan fingerprint density at radius 3 is 2.87 bits per heavy atom. The number of rotatable bonds is 2. The summed E-state index contributed by atoms with van der Waals surface area (Å²) < 4.78 is 5.61. The number of aromatic nitrogens is 1. The first-order chi connectivity index (χ1) is 7.25. The van der Waals surface area contributed by atoms with E-state index in [0.717, 1.165) is 0 Å². The fraction of sp³-hybridized carbons (Fsp3) is 0. The first-order valence-electron chi connectivity index (χ1n) is 4.23. The van der Waals surface area contributed by atoms with E-state index in [1.54, 1.807) is 30.3 Å². The average Bonchev–Trinajstić information content (AvgIpc) is 2.70. The zero-order valence-corrected chi connectivity index (χ0v) is 9.19.